The SMILES string of the molecule is CCN(CC)CCC[C@H](C)Nc1ccnc2ccc(Oc3ccccc3)cc12. The van der Waals surface area contributed by atoms with Crippen molar-refractivity contribution in [2.75, 3.05) is 25.0 Å². The second-order valence-electron chi connectivity index (χ2n) is 7.17. The summed E-state index contributed by atoms with van der Waals surface area (Å²) in [5.41, 5.74) is 2.08. The lowest BCUT2D eigenvalue weighted by Gasteiger charge is -2.21. The molecule has 0 saturated heterocycles. The van der Waals surface area contributed by atoms with Crippen molar-refractivity contribution in [3.05, 3.63) is 60.8 Å². The number of aromatic nitrogens is 1. The Kier molecular flexibility index (Phi) is 7.26. The fraction of sp³-hybridized carbons (Fsp3) is 0.375. The number of hydrogen-bond acceptors (Lipinski definition) is 4. The zero-order chi connectivity index (χ0) is 19.8. The van der Waals surface area contributed by atoms with E-state index in [1.165, 1.54) is 6.42 Å². The van der Waals surface area contributed by atoms with Gasteiger partial charge >= 0.3 is 0 Å². The van der Waals surface area contributed by atoms with Gasteiger partial charge in [0, 0.05) is 23.3 Å². The van der Waals surface area contributed by atoms with E-state index in [-0.39, 0.29) is 0 Å². The number of hydrogen-bond donors (Lipinski definition) is 1. The minimum atomic E-state index is 0.403. The lowest BCUT2D eigenvalue weighted by Crippen LogP contribution is -2.25. The molecule has 3 rings (SSSR count). The lowest BCUT2D eigenvalue weighted by atomic mass is 10.1. The van der Waals surface area contributed by atoms with Crippen LogP contribution in [0.25, 0.3) is 10.9 Å². The number of fused-ring (bicyclic) bond motifs is 1. The van der Waals surface area contributed by atoms with Gasteiger partial charge in [-0.15, -0.1) is 0 Å². The minimum absolute atomic E-state index is 0.403. The summed E-state index contributed by atoms with van der Waals surface area (Å²) in [6.45, 7) is 10.1. The second kappa shape index (κ2) is 10.1. The van der Waals surface area contributed by atoms with Crippen LogP contribution in [0.5, 0.6) is 11.5 Å². The molecule has 0 amide bonds. The molecule has 0 bridgehead atoms. The molecule has 0 unspecified atom stereocenters. The third-order valence-electron chi connectivity index (χ3n) is 5.10. The highest BCUT2D eigenvalue weighted by Gasteiger charge is 2.09. The summed E-state index contributed by atoms with van der Waals surface area (Å²) >= 11 is 0. The largest absolute Gasteiger partial charge is 0.457 e. The Hall–Kier alpha value is -2.59. The Bertz CT molecular complexity index is 862. The van der Waals surface area contributed by atoms with Crippen LogP contribution in [0.2, 0.25) is 0 Å². The van der Waals surface area contributed by atoms with E-state index in [4.69, 9.17) is 4.74 Å². The molecule has 0 saturated carbocycles. The van der Waals surface area contributed by atoms with Crippen molar-refractivity contribution in [2.24, 2.45) is 0 Å². The summed E-state index contributed by atoms with van der Waals surface area (Å²) in [5, 5.41) is 4.76. The molecular formula is C24H31N3O. The van der Waals surface area contributed by atoms with Crippen molar-refractivity contribution >= 4 is 16.6 Å². The fourth-order valence-electron chi connectivity index (χ4n) is 3.44. The highest BCUT2D eigenvalue weighted by atomic mass is 16.5. The zero-order valence-electron chi connectivity index (χ0n) is 17.2. The van der Waals surface area contributed by atoms with Gasteiger partial charge in [-0.25, -0.2) is 0 Å². The van der Waals surface area contributed by atoms with E-state index < -0.39 is 0 Å². The summed E-state index contributed by atoms with van der Waals surface area (Å²) in [5.74, 6) is 1.66. The van der Waals surface area contributed by atoms with Crippen LogP contribution in [0.15, 0.2) is 60.8 Å². The third kappa shape index (κ3) is 5.46. The monoisotopic (exact) mass is 377 g/mol. The average molecular weight is 378 g/mol. The summed E-state index contributed by atoms with van der Waals surface area (Å²) in [6, 6.07) is 18.4. The van der Waals surface area contributed by atoms with E-state index in [1.54, 1.807) is 0 Å². The number of ether oxygens (including phenoxy) is 1. The lowest BCUT2D eigenvalue weighted by molar-refractivity contribution is 0.295. The summed E-state index contributed by atoms with van der Waals surface area (Å²) in [7, 11) is 0. The van der Waals surface area contributed by atoms with Crippen molar-refractivity contribution in [1.82, 2.24) is 9.88 Å². The molecule has 2 aromatic carbocycles. The van der Waals surface area contributed by atoms with Gasteiger partial charge in [-0.05, 0) is 75.8 Å². The molecule has 4 nitrogen and oxygen atoms in total. The summed E-state index contributed by atoms with van der Waals surface area (Å²) in [6.07, 6.45) is 4.20. The van der Waals surface area contributed by atoms with Crippen molar-refractivity contribution in [2.45, 2.75) is 39.7 Å². The second-order valence-corrected chi connectivity index (χ2v) is 7.17. The molecule has 28 heavy (non-hydrogen) atoms. The van der Waals surface area contributed by atoms with Gasteiger partial charge in [0.05, 0.1) is 5.52 Å². The van der Waals surface area contributed by atoms with Crippen LogP contribution in [-0.2, 0) is 0 Å². The first-order chi connectivity index (χ1) is 13.7. The van der Waals surface area contributed by atoms with E-state index in [0.29, 0.717) is 6.04 Å². The smallest absolute Gasteiger partial charge is 0.128 e. The van der Waals surface area contributed by atoms with E-state index in [0.717, 1.165) is 54.1 Å². The van der Waals surface area contributed by atoms with Gasteiger partial charge in [0.1, 0.15) is 11.5 Å². The molecule has 4 heteroatoms. The Morgan fingerprint density at radius 3 is 2.54 bits per heavy atom. The molecule has 0 radical (unpaired) electrons. The standard InChI is InChI=1S/C24H31N3O/c1-4-27(5-2)17-9-10-19(3)26-24-15-16-25-23-14-13-21(18-22(23)24)28-20-11-7-6-8-12-20/h6-8,11-16,18-19H,4-5,9-10,17H2,1-3H3,(H,25,26)/t19-/m0/s1. The normalized spacial score (nSPS) is 12.3. The molecule has 0 aliphatic carbocycles. The van der Waals surface area contributed by atoms with Crippen molar-refractivity contribution in [1.29, 1.82) is 0 Å². The van der Waals surface area contributed by atoms with Crippen LogP contribution in [0, 0.1) is 0 Å². The van der Waals surface area contributed by atoms with Gasteiger partial charge < -0.3 is 15.0 Å². The maximum absolute atomic E-state index is 6.00. The van der Waals surface area contributed by atoms with Crippen LogP contribution in [0.3, 0.4) is 0 Å². The number of rotatable bonds is 10. The van der Waals surface area contributed by atoms with Gasteiger partial charge in [0.25, 0.3) is 0 Å². The Balaban J connectivity index is 1.69. The van der Waals surface area contributed by atoms with Crippen LogP contribution in [0.4, 0.5) is 5.69 Å². The van der Waals surface area contributed by atoms with E-state index in [9.17, 15) is 0 Å². The quantitative estimate of drug-likeness (QED) is 0.474. The van der Waals surface area contributed by atoms with Gasteiger partial charge in [0.15, 0.2) is 0 Å². The molecule has 0 fully saturated rings. The zero-order valence-corrected chi connectivity index (χ0v) is 17.2. The summed E-state index contributed by atoms with van der Waals surface area (Å²) < 4.78 is 6.00. The van der Waals surface area contributed by atoms with E-state index in [2.05, 4.69) is 48.1 Å². The molecule has 1 N–H and O–H groups in total. The molecule has 148 valence electrons. The highest BCUT2D eigenvalue weighted by molar-refractivity contribution is 5.92. The van der Waals surface area contributed by atoms with Gasteiger partial charge in [0.2, 0.25) is 0 Å². The third-order valence-corrected chi connectivity index (χ3v) is 5.10. The van der Waals surface area contributed by atoms with Crippen molar-refractivity contribution in [3.8, 4) is 11.5 Å². The first-order valence-corrected chi connectivity index (χ1v) is 10.3. The van der Waals surface area contributed by atoms with E-state index >= 15 is 0 Å². The Morgan fingerprint density at radius 2 is 1.79 bits per heavy atom. The maximum Gasteiger partial charge on any atom is 0.128 e. The van der Waals surface area contributed by atoms with Gasteiger partial charge in [-0.3, -0.25) is 4.98 Å². The van der Waals surface area contributed by atoms with Crippen LogP contribution >= 0.6 is 0 Å². The number of para-hydroxylation sites is 1. The number of nitrogens with one attached hydrogen (secondary N) is 1. The van der Waals surface area contributed by atoms with E-state index in [1.807, 2.05) is 48.7 Å². The predicted molar refractivity (Wildman–Crippen MR) is 118 cm³/mol. The van der Waals surface area contributed by atoms with Gasteiger partial charge in [-0.2, -0.15) is 0 Å². The number of anilines is 1. The maximum atomic E-state index is 6.00. The molecule has 1 aromatic heterocycles. The molecule has 0 spiro atoms. The Morgan fingerprint density at radius 1 is 1.00 bits per heavy atom. The number of benzene rings is 2. The number of pyridine rings is 1. The van der Waals surface area contributed by atoms with Crippen molar-refractivity contribution < 1.29 is 4.74 Å². The topological polar surface area (TPSA) is 37.4 Å². The highest BCUT2D eigenvalue weighted by Crippen LogP contribution is 2.29. The first kappa shape index (κ1) is 20.2. The summed E-state index contributed by atoms with van der Waals surface area (Å²) in [4.78, 5) is 6.98. The van der Waals surface area contributed by atoms with Gasteiger partial charge in [-0.1, -0.05) is 32.0 Å². The number of nitrogens with zero attached hydrogens (tertiary/aromatic N) is 2. The fourth-order valence-corrected chi connectivity index (χ4v) is 3.44. The molecule has 0 aliphatic rings. The molecular weight excluding hydrogens is 346 g/mol. The first-order valence-electron chi connectivity index (χ1n) is 10.3. The van der Waals surface area contributed by atoms with Crippen LogP contribution < -0.4 is 10.1 Å². The minimum Gasteiger partial charge on any atom is -0.457 e. The average Bonchev–Trinajstić information content (AvgIpc) is 2.72. The Labute approximate surface area is 168 Å². The molecule has 1 heterocycles. The molecule has 3 aromatic rings. The van der Waals surface area contributed by atoms with Crippen LogP contribution in [-0.4, -0.2) is 35.6 Å². The van der Waals surface area contributed by atoms with Crippen molar-refractivity contribution in [3.63, 3.8) is 0 Å². The molecule has 1 atom stereocenters. The molecule has 0 aliphatic heterocycles. The predicted octanol–water partition coefficient (Wildman–Crippen LogP) is 5.95. The van der Waals surface area contributed by atoms with Crippen LogP contribution in [0.1, 0.15) is 33.6 Å².